The van der Waals surface area contributed by atoms with Crippen molar-refractivity contribution in [3.05, 3.63) is 35.9 Å². The highest BCUT2D eigenvalue weighted by Crippen LogP contribution is 2.16. The van der Waals surface area contributed by atoms with E-state index in [1.54, 1.807) is 0 Å². The Bertz CT molecular complexity index is 251. The van der Waals surface area contributed by atoms with Crippen LogP contribution >= 0.6 is 0 Å². The fraction of sp³-hybridized carbons (Fsp3) is 0.455. The van der Waals surface area contributed by atoms with Gasteiger partial charge in [0.1, 0.15) is 18.1 Å². The van der Waals surface area contributed by atoms with Gasteiger partial charge in [0.05, 0.1) is 0 Å². The minimum atomic E-state index is -0.963. The van der Waals surface area contributed by atoms with Crippen LogP contribution in [0.25, 0.3) is 0 Å². The van der Waals surface area contributed by atoms with E-state index in [1.807, 2.05) is 37.3 Å². The van der Waals surface area contributed by atoms with Gasteiger partial charge in [-0.2, -0.15) is 0 Å². The van der Waals surface area contributed by atoms with E-state index in [9.17, 15) is 9.66 Å². The zero-order valence-corrected chi connectivity index (χ0v) is 9.13. The van der Waals surface area contributed by atoms with Crippen molar-refractivity contribution in [3.8, 4) is 0 Å². The maximum atomic E-state index is 11.3. The first kappa shape index (κ1) is 11.6. The van der Waals surface area contributed by atoms with Crippen molar-refractivity contribution in [3.63, 3.8) is 0 Å². The SMILES string of the molecule is CC(C[S+]([O-])CC[O])c1ccccc1. The van der Waals surface area contributed by atoms with Crippen LogP contribution in [0.15, 0.2) is 30.3 Å². The summed E-state index contributed by atoms with van der Waals surface area (Å²) >= 11 is -0.963. The molecule has 0 aliphatic rings. The van der Waals surface area contributed by atoms with Gasteiger partial charge < -0.3 is 4.55 Å². The van der Waals surface area contributed by atoms with Crippen molar-refractivity contribution in [2.75, 3.05) is 18.1 Å². The molecule has 0 saturated heterocycles. The molecule has 0 N–H and O–H groups in total. The lowest BCUT2D eigenvalue weighted by molar-refractivity contribution is 0.213. The molecule has 1 radical (unpaired) electrons. The van der Waals surface area contributed by atoms with Gasteiger partial charge in [-0.1, -0.05) is 48.4 Å². The highest BCUT2D eigenvalue weighted by Gasteiger charge is 2.13. The van der Waals surface area contributed by atoms with E-state index in [4.69, 9.17) is 0 Å². The molecule has 0 heterocycles. The standard InChI is InChI=1S/C11H15O2S/c1-10(9-14(13)8-7-12)11-5-3-2-4-6-11/h2-6,10H,7-9H2,1H3. The van der Waals surface area contributed by atoms with E-state index < -0.39 is 11.2 Å². The second kappa shape index (κ2) is 6.06. The number of hydrogen-bond acceptors (Lipinski definition) is 1. The van der Waals surface area contributed by atoms with Gasteiger partial charge in [0.25, 0.3) is 0 Å². The first-order valence-electron chi connectivity index (χ1n) is 4.72. The fourth-order valence-corrected chi connectivity index (χ4v) is 2.44. The summed E-state index contributed by atoms with van der Waals surface area (Å²) in [7, 11) is 0. The van der Waals surface area contributed by atoms with Crippen LogP contribution in [0.3, 0.4) is 0 Å². The molecule has 0 amide bonds. The molecular formula is C11H15O2S. The lowest BCUT2D eigenvalue weighted by Gasteiger charge is -2.15. The van der Waals surface area contributed by atoms with Crippen LogP contribution in [-0.2, 0) is 16.3 Å². The number of benzene rings is 1. The van der Waals surface area contributed by atoms with E-state index in [2.05, 4.69) is 0 Å². The molecule has 0 bridgehead atoms. The van der Waals surface area contributed by atoms with E-state index >= 15 is 0 Å². The Labute approximate surface area is 88.1 Å². The average Bonchev–Trinajstić information content (AvgIpc) is 2.19. The zero-order valence-electron chi connectivity index (χ0n) is 8.31. The Kier molecular flexibility index (Phi) is 5.01. The van der Waals surface area contributed by atoms with Crippen molar-refractivity contribution in [2.45, 2.75) is 12.8 Å². The summed E-state index contributed by atoms with van der Waals surface area (Å²) in [5.41, 5.74) is 1.19. The molecule has 14 heavy (non-hydrogen) atoms. The van der Waals surface area contributed by atoms with Crippen LogP contribution in [-0.4, -0.2) is 22.7 Å². The van der Waals surface area contributed by atoms with Gasteiger partial charge in [-0.3, -0.25) is 0 Å². The van der Waals surface area contributed by atoms with Gasteiger partial charge in [0.15, 0.2) is 0 Å². The van der Waals surface area contributed by atoms with E-state index in [0.29, 0.717) is 5.75 Å². The summed E-state index contributed by atoms with van der Waals surface area (Å²) < 4.78 is 11.3. The normalized spacial score (nSPS) is 15.1. The summed E-state index contributed by atoms with van der Waals surface area (Å²) in [6.07, 6.45) is 0. The Balaban J connectivity index is 2.46. The summed E-state index contributed by atoms with van der Waals surface area (Å²) in [5.74, 6) is 1.13. The summed E-state index contributed by atoms with van der Waals surface area (Å²) in [5, 5.41) is 10.3. The first-order chi connectivity index (χ1) is 6.74. The van der Waals surface area contributed by atoms with Gasteiger partial charge in [-0.15, -0.1) is 0 Å². The predicted molar refractivity (Wildman–Crippen MR) is 58.3 cm³/mol. The van der Waals surface area contributed by atoms with Crippen molar-refractivity contribution < 1.29 is 9.66 Å². The molecule has 0 aliphatic carbocycles. The largest absolute Gasteiger partial charge is 0.616 e. The molecular weight excluding hydrogens is 196 g/mol. The van der Waals surface area contributed by atoms with Crippen molar-refractivity contribution in [2.24, 2.45) is 0 Å². The predicted octanol–water partition coefficient (Wildman–Crippen LogP) is 1.97. The van der Waals surface area contributed by atoms with Gasteiger partial charge in [-0.25, -0.2) is 5.11 Å². The fourth-order valence-electron chi connectivity index (χ4n) is 1.33. The molecule has 77 valence electrons. The molecule has 1 rings (SSSR count). The van der Waals surface area contributed by atoms with Gasteiger partial charge >= 0.3 is 0 Å². The maximum Gasteiger partial charge on any atom is 0.132 e. The maximum absolute atomic E-state index is 11.3. The van der Waals surface area contributed by atoms with E-state index in [1.165, 1.54) is 5.56 Å². The first-order valence-corrected chi connectivity index (χ1v) is 6.21. The summed E-state index contributed by atoms with van der Waals surface area (Å²) in [6.45, 7) is 1.80. The molecule has 0 fully saturated rings. The highest BCUT2D eigenvalue weighted by atomic mass is 32.2. The molecule has 2 nitrogen and oxygen atoms in total. The molecule has 0 aliphatic heterocycles. The Hall–Kier alpha value is -0.510. The smallest absolute Gasteiger partial charge is 0.132 e. The van der Waals surface area contributed by atoms with Gasteiger partial charge in [-0.05, 0) is 5.56 Å². The topological polar surface area (TPSA) is 43.0 Å². The summed E-state index contributed by atoms with van der Waals surface area (Å²) in [6, 6.07) is 9.97. The molecule has 1 aromatic rings. The third-order valence-corrected chi connectivity index (χ3v) is 3.61. The monoisotopic (exact) mass is 211 g/mol. The van der Waals surface area contributed by atoms with Crippen LogP contribution in [0.4, 0.5) is 0 Å². The van der Waals surface area contributed by atoms with Gasteiger partial charge in [0.2, 0.25) is 0 Å². The summed E-state index contributed by atoms with van der Waals surface area (Å²) in [4.78, 5) is 0. The molecule has 0 spiro atoms. The Morgan fingerprint density at radius 1 is 1.36 bits per heavy atom. The molecule has 3 heteroatoms. The lowest BCUT2D eigenvalue weighted by Crippen LogP contribution is -2.17. The minimum Gasteiger partial charge on any atom is -0.616 e. The number of hydrogen-bond donors (Lipinski definition) is 0. The van der Waals surface area contributed by atoms with Crippen LogP contribution in [0.5, 0.6) is 0 Å². The Morgan fingerprint density at radius 3 is 2.57 bits per heavy atom. The molecule has 0 saturated carbocycles. The molecule has 1 aromatic carbocycles. The molecule has 2 unspecified atom stereocenters. The second-order valence-electron chi connectivity index (χ2n) is 3.33. The second-order valence-corrected chi connectivity index (χ2v) is 4.95. The van der Waals surface area contributed by atoms with Crippen LogP contribution in [0.1, 0.15) is 18.4 Å². The lowest BCUT2D eigenvalue weighted by atomic mass is 10.0. The van der Waals surface area contributed by atoms with Crippen molar-refractivity contribution >= 4 is 11.2 Å². The van der Waals surface area contributed by atoms with E-state index in [0.717, 1.165) is 0 Å². The van der Waals surface area contributed by atoms with Gasteiger partial charge in [0, 0.05) is 5.92 Å². The van der Waals surface area contributed by atoms with Crippen molar-refractivity contribution in [1.29, 1.82) is 0 Å². The number of rotatable bonds is 5. The van der Waals surface area contributed by atoms with Crippen LogP contribution in [0, 0.1) is 0 Å². The van der Waals surface area contributed by atoms with E-state index in [-0.39, 0.29) is 18.3 Å². The Morgan fingerprint density at radius 2 is 2.00 bits per heavy atom. The third-order valence-electron chi connectivity index (χ3n) is 2.12. The highest BCUT2D eigenvalue weighted by molar-refractivity contribution is 7.91. The average molecular weight is 211 g/mol. The molecule has 0 aromatic heterocycles. The quantitative estimate of drug-likeness (QED) is 0.687. The minimum absolute atomic E-state index is 0.242. The van der Waals surface area contributed by atoms with Crippen molar-refractivity contribution in [1.82, 2.24) is 0 Å². The zero-order chi connectivity index (χ0) is 10.4. The molecule has 2 atom stereocenters. The third kappa shape index (κ3) is 3.70. The van der Waals surface area contributed by atoms with Crippen LogP contribution in [0.2, 0.25) is 0 Å². The van der Waals surface area contributed by atoms with Crippen LogP contribution < -0.4 is 0 Å².